The molecule has 0 radical (unpaired) electrons. The van der Waals surface area contributed by atoms with E-state index >= 15 is 0 Å². The average Bonchev–Trinajstić information content (AvgIpc) is 3.19. The van der Waals surface area contributed by atoms with Gasteiger partial charge in [0.15, 0.2) is 0 Å². The van der Waals surface area contributed by atoms with Gasteiger partial charge in [0.1, 0.15) is 5.82 Å². The maximum Gasteiger partial charge on any atom is 0.322 e. The Labute approximate surface area is 147 Å². The third kappa shape index (κ3) is 3.30. The van der Waals surface area contributed by atoms with Crippen LogP contribution in [0, 0.1) is 0 Å². The first-order valence-corrected chi connectivity index (χ1v) is 8.89. The molecule has 130 valence electrons. The van der Waals surface area contributed by atoms with Crippen molar-refractivity contribution >= 4 is 23.2 Å². The topological polar surface area (TPSA) is 60.5 Å². The van der Waals surface area contributed by atoms with Gasteiger partial charge in [0.2, 0.25) is 0 Å². The first-order valence-electron chi connectivity index (χ1n) is 8.89. The van der Waals surface area contributed by atoms with Crippen LogP contribution in [0.3, 0.4) is 0 Å². The lowest BCUT2D eigenvalue weighted by Crippen LogP contribution is -2.49. The molecule has 0 bridgehead atoms. The number of nitrogens with zero attached hydrogens (tertiary/aromatic N) is 3. The van der Waals surface area contributed by atoms with Crippen LogP contribution in [-0.2, 0) is 0 Å². The smallest absolute Gasteiger partial charge is 0.322 e. The van der Waals surface area contributed by atoms with E-state index in [1.807, 2.05) is 47.4 Å². The first kappa shape index (κ1) is 15.9. The summed E-state index contributed by atoms with van der Waals surface area (Å²) >= 11 is 0. The number of pyridine rings is 1. The van der Waals surface area contributed by atoms with E-state index in [2.05, 4.69) is 20.5 Å². The van der Waals surface area contributed by atoms with E-state index in [0.717, 1.165) is 36.7 Å². The molecule has 0 aliphatic carbocycles. The molecule has 6 heteroatoms. The number of urea groups is 1. The number of rotatable bonds is 3. The second-order valence-corrected chi connectivity index (χ2v) is 6.46. The number of hydrogen-bond acceptors (Lipinski definition) is 4. The molecule has 0 saturated carbocycles. The van der Waals surface area contributed by atoms with Crippen molar-refractivity contribution in [2.45, 2.75) is 18.9 Å². The molecule has 1 atom stereocenters. The normalized spacial score (nSPS) is 19.6. The summed E-state index contributed by atoms with van der Waals surface area (Å²) in [5.74, 6) is 0.908. The lowest BCUT2D eigenvalue weighted by atomic mass is 10.1. The van der Waals surface area contributed by atoms with Crippen LogP contribution >= 0.6 is 0 Å². The first-order chi connectivity index (χ1) is 12.3. The van der Waals surface area contributed by atoms with Crippen molar-refractivity contribution < 1.29 is 4.79 Å². The number of para-hydroxylation sites is 2. The van der Waals surface area contributed by atoms with Crippen LogP contribution in [0.5, 0.6) is 0 Å². The SMILES string of the molecule is O=C(NCC1CCCN1)N1CCN(c2ccccn2)c2ccccc21. The van der Waals surface area contributed by atoms with E-state index in [4.69, 9.17) is 0 Å². The summed E-state index contributed by atoms with van der Waals surface area (Å²) in [6.45, 7) is 3.09. The van der Waals surface area contributed by atoms with Crippen molar-refractivity contribution in [3.05, 3.63) is 48.7 Å². The van der Waals surface area contributed by atoms with Gasteiger partial charge in [0.05, 0.1) is 11.4 Å². The van der Waals surface area contributed by atoms with Crippen molar-refractivity contribution in [3.8, 4) is 0 Å². The summed E-state index contributed by atoms with van der Waals surface area (Å²) in [6, 6.07) is 14.3. The molecule has 4 rings (SSSR count). The Balaban J connectivity index is 1.53. The minimum atomic E-state index is -0.0261. The van der Waals surface area contributed by atoms with Crippen molar-refractivity contribution in [1.82, 2.24) is 15.6 Å². The van der Waals surface area contributed by atoms with Crippen molar-refractivity contribution in [2.75, 3.05) is 36.0 Å². The average molecular weight is 337 g/mol. The Morgan fingerprint density at radius 1 is 1.16 bits per heavy atom. The van der Waals surface area contributed by atoms with Crippen LogP contribution < -0.4 is 20.4 Å². The van der Waals surface area contributed by atoms with E-state index < -0.39 is 0 Å². The highest BCUT2D eigenvalue weighted by Gasteiger charge is 2.28. The molecule has 6 nitrogen and oxygen atoms in total. The Kier molecular flexibility index (Phi) is 4.52. The van der Waals surface area contributed by atoms with Gasteiger partial charge in [-0.3, -0.25) is 4.90 Å². The molecule has 2 amide bonds. The maximum absolute atomic E-state index is 12.7. The number of amides is 2. The molecule has 1 unspecified atom stereocenters. The van der Waals surface area contributed by atoms with E-state index in [1.54, 1.807) is 6.20 Å². The standard InChI is InChI=1S/C19H23N5O/c25-19(22-14-15-6-5-11-20-15)24-13-12-23(18-9-3-4-10-21-18)16-7-1-2-8-17(16)24/h1-4,7-10,15,20H,5-6,11-14H2,(H,22,25). The van der Waals surface area contributed by atoms with Crippen LogP contribution in [0.2, 0.25) is 0 Å². The molecule has 2 aliphatic heterocycles. The summed E-state index contributed by atoms with van der Waals surface area (Å²) < 4.78 is 0. The minimum absolute atomic E-state index is 0.0261. The largest absolute Gasteiger partial charge is 0.336 e. The highest BCUT2D eigenvalue weighted by atomic mass is 16.2. The summed E-state index contributed by atoms with van der Waals surface area (Å²) in [4.78, 5) is 21.2. The molecule has 1 fully saturated rings. The number of benzene rings is 1. The maximum atomic E-state index is 12.7. The van der Waals surface area contributed by atoms with Crippen LogP contribution in [-0.4, -0.2) is 43.2 Å². The zero-order chi connectivity index (χ0) is 17.1. The number of hydrogen-bond donors (Lipinski definition) is 2. The zero-order valence-electron chi connectivity index (χ0n) is 14.2. The van der Waals surface area contributed by atoms with Gasteiger partial charge >= 0.3 is 6.03 Å². The zero-order valence-corrected chi connectivity index (χ0v) is 14.2. The predicted octanol–water partition coefficient (Wildman–Crippen LogP) is 2.50. The van der Waals surface area contributed by atoms with E-state index in [-0.39, 0.29) is 6.03 Å². The predicted molar refractivity (Wildman–Crippen MR) is 99.5 cm³/mol. The number of carbonyl (C=O) groups is 1. The van der Waals surface area contributed by atoms with Gasteiger partial charge in [-0.2, -0.15) is 0 Å². The third-order valence-electron chi connectivity index (χ3n) is 4.84. The Morgan fingerprint density at radius 2 is 2.00 bits per heavy atom. The fourth-order valence-electron chi connectivity index (χ4n) is 3.56. The molecule has 2 N–H and O–H groups in total. The summed E-state index contributed by atoms with van der Waals surface area (Å²) in [5.41, 5.74) is 1.94. The second-order valence-electron chi connectivity index (χ2n) is 6.46. The molecule has 1 saturated heterocycles. The van der Waals surface area contributed by atoms with Crippen molar-refractivity contribution in [1.29, 1.82) is 0 Å². The molecular formula is C19H23N5O. The van der Waals surface area contributed by atoms with Crippen LogP contribution in [0.1, 0.15) is 12.8 Å². The fraction of sp³-hybridized carbons (Fsp3) is 0.368. The Morgan fingerprint density at radius 3 is 2.76 bits per heavy atom. The third-order valence-corrected chi connectivity index (χ3v) is 4.84. The molecule has 1 aromatic heterocycles. The second kappa shape index (κ2) is 7.11. The molecule has 0 spiro atoms. The highest BCUT2D eigenvalue weighted by Crippen LogP contribution is 2.36. The van der Waals surface area contributed by atoms with Crippen molar-refractivity contribution in [3.63, 3.8) is 0 Å². The van der Waals surface area contributed by atoms with E-state index in [9.17, 15) is 4.79 Å². The summed E-state index contributed by atoms with van der Waals surface area (Å²) in [5, 5.41) is 6.49. The molecule has 1 aromatic carbocycles. The molecule has 25 heavy (non-hydrogen) atoms. The number of nitrogens with one attached hydrogen (secondary N) is 2. The van der Waals surface area contributed by atoms with Crippen molar-refractivity contribution in [2.24, 2.45) is 0 Å². The van der Waals surface area contributed by atoms with E-state index in [1.165, 1.54) is 6.42 Å². The van der Waals surface area contributed by atoms with Gasteiger partial charge in [-0.1, -0.05) is 18.2 Å². The fourth-order valence-corrected chi connectivity index (χ4v) is 3.56. The van der Waals surface area contributed by atoms with Gasteiger partial charge in [-0.15, -0.1) is 0 Å². The van der Waals surface area contributed by atoms with Crippen LogP contribution in [0.25, 0.3) is 0 Å². The summed E-state index contributed by atoms with van der Waals surface area (Å²) in [7, 11) is 0. The molecular weight excluding hydrogens is 314 g/mol. The lowest BCUT2D eigenvalue weighted by Gasteiger charge is -2.37. The number of fused-ring (bicyclic) bond motifs is 1. The van der Waals surface area contributed by atoms with Gasteiger partial charge in [0, 0.05) is 31.9 Å². The van der Waals surface area contributed by atoms with Gasteiger partial charge in [-0.25, -0.2) is 9.78 Å². The van der Waals surface area contributed by atoms with Gasteiger partial charge in [-0.05, 0) is 43.7 Å². The van der Waals surface area contributed by atoms with Gasteiger partial charge in [0.25, 0.3) is 0 Å². The molecule has 2 aliphatic rings. The number of anilines is 3. The monoisotopic (exact) mass is 337 g/mol. The van der Waals surface area contributed by atoms with Crippen LogP contribution in [0.15, 0.2) is 48.7 Å². The Hall–Kier alpha value is -2.60. The lowest BCUT2D eigenvalue weighted by molar-refractivity contribution is 0.245. The van der Waals surface area contributed by atoms with Crippen LogP contribution in [0.4, 0.5) is 22.0 Å². The molecule has 3 heterocycles. The van der Waals surface area contributed by atoms with E-state index in [0.29, 0.717) is 19.1 Å². The highest BCUT2D eigenvalue weighted by molar-refractivity contribution is 5.97. The van der Waals surface area contributed by atoms with Gasteiger partial charge < -0.3 is 15.5 Å². The quantitative estimate of drug-likeness (QED) is 0.903. The Bertz CT molecular complexity index is 730. The number of aromatic nitrogens is 1. The summed E-state index contributed by atoms with van der Waals surface area (Å²) in [6.07, 6.45) is 4.11. The number of carbonyl (C=O) groups excluding carboxylic acids is 1. The minimum Gasteiger partial charge on any atom is -0.336 e. The molecule has 2 aromatic rings.